The quantitative estimate of drug-likeness (QED) is 0.660. The number of nitro groups is 1. The van der Waals surface area contributed by atoms with Gasteiger partial charge in [-0.1, -0.05) is 25.1 Å². The maximum atomic E-state index is 11.6. The number of hydrogen-bond donors (Lipinski definition) is 1. The molecule has 6 nitrogen and oxygen atoms in total. The fraction of sp³-hybridized carbons (Fsp3) is 0.538. The normalized spacial score (nSPS) is 22.6. The minimum Gasteiger partial charge on any atom is -0.310 e. The Morgan fingerprint density at radius 3 is 2.70 bits per heavy atom. The molecule has 1 fully saturated rings. The van der Waals surface area contributed by atoms with Crippen LogP contribution >= 0.6 is 0 Å². The Bertz CT molecular complexity index is 600. The van der Waals surface area contributed by atoms with Crippen LogP contribution in [0.5, 0.6) is 0 Å². The Hall–Kier alpha value is -1.47. The molecular formula is C13H18N2O4S. The number of benzene rings is 1. The molecule has 0 aromatic heterocycles. The van der Waals surface area contributed by atoms with E-state index in [1.54, 1.807) is 18.2 Å². The summed E-state index contributed by atoms with van der Waals surface area (Å²) in [7, 11) is -3.01. The zero-order valence-electron chi connectivity index (χ0n) is 11.3. The van der Waals surface area contributed by atoms with Crippen molar-refractivity contribution in [2.45, 2.75) is 19.4 Å². The molecule has 1 N–H and O–H groups in total. The van der Waals surface area contributed by atoms with Crippen molar-refractivity contribution in [3.63, 3.8) is 0 Å². The van der Waals surface area contributed by atoms with Crippen molar-refractivity contribution in [2.75, 3.05) is 18.1 Å². The van der Waals surface area contributed by atoms with Crippen molar-refractivity contribution >= 4 is 15.5 Å². The summed E-state index contributed by atoms with van der Waals surface area (Å²) in [6, 6.07) is 6.24. The molecule has 1 aromatic carbocycles. The molecule has 1 saturated heterocycles. The van der Waals surface area contributed by atoms with Gasteiger partial charge in [0.05, 0.1) is 16.4 Å². The van der Waals surface area contributed by atoms with E-state index in [0.29, 0.717) is 18.5 Å². The molecular weight excluding hydrogens is 280 g/mol. The molecule has 1 aliphatic heterocycles. The van der Waals surface area contributed by atoms with Gasteiger partial charge in [-0.3, -0.25) is 10.1 Å². The summed E-state index contributed by atoms with van der Waals surface area (Å²) in [6.45, 7) is 2.54. The van der Waals surface area contributed by atoms with Crippen LogP contribution in [0, 0.1) is 16.0 Å². The van der Waals surface area contributed by atoms with Gasteiger partial charge in [-0.05, 0) is 18.9 Å². The van der Waals surface area contributed by atoms with E-state index < -0.39 is 14.8 Å². The standard InChI is InChI=1S/C13H18N2O4S/c1-2-14-13(10-7-8-20(18,19)9-10)11-5-3-4-6-12(11)15(16)17/h3-6,10,13-14H,2,7-9H2,1H3. The van der Waals surface area contributed by atoms with E-state index in [1.165, 1.54) is 6.07 Å². The topological polar surface area (TPSA) is 89.3 Å². The van der Waals surface area contributed by atoms with Gasteiger partial charge in [0.2, 0.25) is 0 Å². The second-order valence-corrected chi connectivity index (χ2v) is 7.24. The second kappa shape index (κ2) is 5.88. The summed E-state index contributed by atoms with van der Waals surface area (Å²) in [5.41, 5.74) is 0.615. The average molecular weight is 298 g/mol. The van der Waals surface area contributed by atoms with Crippen LogP contribution in [0.2, 0.25) is 0 Å². The number of nitro benzene ring substituents is 1. The number of rotatable bonds is 5. The zero-order chi connectivity index (χ0) is 14.8. The number of para-hydroxylation sites is 1. The maximum Gasteiger partial charge on any atom is 0.274 e. The van der Waals surface area contributed by atoms with Crippen molar-refractivity contribution in [3.8, 4) is 0 Å². The molecule has 110 valence electrons. The predicted octanol–water partition coefficient (Wildman–Crippen LogP) is 1.68. The highest BCUT2D eigenvalue weighted by atomic mass is 32.2. The molecule has 0 amide bonds. The molecule has 0 aliphatic carbocycles. The lowest BCUT2D eigenvalue weighted by Gasteiger charge is -2.23. The molecule has 0 saturated carbocycles. The molecule has 20 heavy (non-hydrogen) atoms. The van der Waals surface area contributed by atoms with Gasteiger partial charge in [0, 0.05) is 17.7 Å². The highest BCUT2D eigenvalue weighted by Gasteiger charge is 2.36. The largest absolute Gasteiger partial charge is 0.310 e. The lowest BCUT2D eigenvalue weighted by Crippen LogP contribution is -2.29. The SMILES string of the molecule is CCNC(c1ccccc1[N+](=O)[O-])C1CCS(=O)(=O)C1. The van der Waals surface area contributed by atoms with Crippen molar-refractivity contribution in [1.29, 1.82) is 0 Å². The molecule has 1 heterocycles. The first-order valence-electron chi connectivity index (χ1n) is 6.61. The van der Waals surface area contributed by atoms with E-state index in [1.807, 2.05) is 6.92 Å². The zero-order valence-corrected chi connectivity index (χ0v) is 12.1. The third-order valence-electron chi connectivity index (χ3n) is 3.63. The highest BCUT2D eigenvalue weighted by molar-refractivity contribution is 7.91. The summed E-state index contributed by atoms with van der Waals surface area (Å²) in [5, 5.41) is 14.3. The summed E-state index contributed by atoms with van der Waals surface area (Å²) < 4.78 is 23.3. The summed E-state index contributed by atoms with van der Waals surface area (Å²) in [5.74, 6) is 0.151. The first-order valence-corrected chi connectivity index (χ1v) is 8.44. The van der Waals surface area contributed by atoms with E-state index in [9.17, 15) is 18.5 Å². The third-order valence-corrected chi connectivity index (χ3v) is 5.43. The molecule has 7 heteroatoms. The van der Waals surface area contributed by atoms with Crippen LogP contribution in [0.15, 0.2) is 24.3 Å². The Labute approximate surface area is 118 Å². The van der Waals surface area contributed by atoms with Crippen molar-refractivity contribution in [1.82, 2.24) is 5.32 Å². The Balaban J connectivity index is 2.37. The van der Waals surface area contributed by atoms with Gasteiger partial charge >= 0.3 is 0 Å². The van der Waals surface area contributed by atoms with Crippen LogP contribution in [0.4, 0.5) is 5.69 Å². The third kappa shape index (κ3) is 3.16. The van der Waals surface area contributed by atoms with Crippen LogP contribution < -0.4 is 5.32 Å². The number of nitrogens with zero attached hydrogens (tertiary/aromatic N) is 1. The minimum absolute atomic E-state index is 0.0442. The van der Waals surface area contributed by atoms with Crippen LogP contribution in [0.1, 0.15) is 24.9 Å². The molecule has 0 radical (unpaired) electrons. The van der Waals surface area contributed by atoms with Crippen LogP contribution in [0.3, 0.4) is 0 Å². The van der Waals surface area contributed by atoms with E-state index in [4.69, 9.17) is 0 Å². The van der Waals surface area contributed by atoms with E-state index >= 15 is 0 Å². The van der Waals surface area contributed by atoms with Gasteiger partial charge in [0.1, 0.15) is 0 Å². The predicted molar refractivity (Wildman–Crippen MR) is 76.3 cm³/mol. The van der Waals surface area contributed by atoms with Crippen molar-refractivity contribution in [3.05, 3.63) is 39.9 Å². The maximum absolute atomic E-state index is 11.6. The Morgan fingerprint density at radius 1 is 1.45 bits per heavy atom. The molecule has 2 atom stereocenters. The molecule has 0 spiro atoms. The molecule has 0 bridgehead atoms. The molecule has 1 aliphatic rings. The molecule has 1 aromatic rings. The summed E-state index contributed by atoms with van der Waals surface area (Å²) in [4.78, 5) is 10.7. The van der Waals surface area contributed by atoms with Gasteiger partial charge in [-0.15, -0.1) is 0 Å². The van der Waals surface area contributed by atoms with Crippen molar-refractivity contribution in [2.24, 2.45) is 5.92 Å². The number of nitrogens with one attached hydrogen (secondary N) is 1. The molecule has 2 rings (SSSR count). The van der Waals surface area contributed by atoms with E-state index in [-0.39, 0.29) is 29.2 Å². The molecule has 2 unspecified atom stereocenters. The number of sulfone groups is 1. The van der Waals surface area contributed by atoms with Crippen LogP contribution in [0.25, 0.3) is 0 Å². The fourth-order valence-electron chi connectivity index (χ4n) is 2.75. The van der Waals surface area contributed by atoms with E-state index in [0.717, 1.165) is 0 Å². The first-order chi connectivity index (χ1) is 9.44. The minimum atomic E-state index is -3.01. The van der Waals surface area contributed by atoms with E-state index in [2.05, 4.69) is 5.32 Å². The first kappa shape index (κ1) is 14.9. The van der Waals surface area contributed by atoms with Gasteiger partial charge in [0.25, 0.3) is 5.69 Å². The average Bonchev–Trinajstić information content (AvgIpc) is 2.76. The lowest BCUT2D eigenvalue weighted by molar-refractivity contribution is -0.385. The van der Waals surface area contributed by atoms with Crippen LogP contribution in [-0.4, -0.2) is 31.4 Å². The van der Waals surface area contributed by atoms with Crippen LogP contribution in [-0.2, 0) is 9.84 Å². The van der Waals surface area contributed by atoms with Gasteiger partial charge in [0.15, 0.2) is 9.84 Å². The summed E-state index contributed by atoms with van der Waals surface area (Å²) in [6.07, 6.45) is 0.548. The second-order valence-electron chi connectivity index (χ2n) is 5.01. The highest BCUT2D eigenvalue weighted by Crippen LogP contribution is 2.35. The fourth-order valence-corrected chi connectivity index (χ4v) is 4.59. The van der Waals surface area contributed by atoms with Gasteiger partial charge < -0.3 is 5.32 Å². The number of hydrogen-bond acceptors (Lipinski definition) is 5. The smallest absolute Gasteiger partial charge is 0.274 e. The van der Waals surface area contributed by atoms with Crippen molar-refractivity contribution < 1.29 is 13.3 Å². The monoisotopic (exact) mass is 298 g/mol. The van der Waals surface area contributed by atoms with Gasteiger partial charge in [-0.2, -0.15) is 0 Å². The Kier molecular flexibility index (Phi) is 4.39. The lowest BCUT2D eigenvalue weighted by atomic mass is 9.91. The summed E-state index contributed by atoms with van der Waals surface area (Å²) >= 11 is 0. The Morgan fingerprint density at radius 2 is 2.15 bits per heavy atom. The van der Waals surface area contributed by atoms with Gasteiger partial charge in [-0.25, -0.2) is 8.42 Å².